The Kier molecular flexibility index (Phi) is 4.66. The standard InChI is InChI=1S/C20H15FN2O4S/c1-27-18-10-14(28(25)26)6-7-16(18)19-17-11-23(13-4-2-12(21)3-5-13)20(24)15(17)8-9-22-19/h2-10H,11H2,1H3,(H,25,26)/p-1. The van der Waals surface area contributed by atoms with Crippen LogP contribution in [0.1, 0.15) is 15.9 Å². The third kappa shape index (κ3) is 3.06. The minimum atomic E-state index is -2.39. The van der Waals surface area contributed by atoms with Gasteiger partial charge in [0.15, 0.2) is 0 Å². The first kappa shape index (κ1) is 18.3. The molecule has 0 saturated carbocycles. The van der Waals surface area contributed by atoms with Gasteiger partial charge < -0.3 is 14.2 Å². The van der Waals surface area contributed by atoms with E-state index in [4.69, 9.17) is 4.74 Å². The van der Waals surface area contributed by atoms with Crippen molar-refractivity contribution in [3.8, 4) is 17.0 Å². The first-order valence-corrected chi connectivity index (χ1v) is 9.40. The topological polar surface area (TPSA) is 82.6 Å². The van der Waals surface area contributed by atoms with Gasteiger partial charge in [0.05, 0.1) is 19.3 Å². The zero-order valence-corrected chi connectivity index (χ0v) is 15.5. The van der Waals surface area contributed by atoms with Crippen molar-refractivity contribution in [2.75, 3.05) is 12.0 Å². The van der Waals surface area contributed by atoms with Crippen LogP contribution < -0.4 is 9.64 Å². The summed E-state index contributed by atoms with van der Waals surface area (Å²) in [5.74, 6) is -0.243. The van der Waals surface area contributed by atoms with Crippen LogP contribution >= 0.6 is 0 Å². The van der Waals surface area contributed by atoms with E-state index in [1.807, 2.05) is 0 Å². The number of benzene rings is 2. The SMILES string of the molecule is COc1cc(S(=O)[O-])ccc1-c1nccc2c1CN(c1ccc(F)cc1)C2=O. The molecule has 1 aromatic heterocycles. The third-order valence-electron chi connectivity index (χ3n) is 4.61. The molecule has 0 aliphatic carbocycles. The molecule has 0 bridgehead atoms. The molecule has 1 unspecified atom stereocenters. The number of aromatic nitrogens is 1. The molecule has 0 radical (unpaired) electrons. The molecule has 3 aromatic rings. The number of nitrogens with zero attached hydrogens (tertiary/aromatic N) is 2. The molecule has 1 aliphatic heterocycles. The van der Waals surface area contributed by atoms with Crippen molar-refractivity contribution in [3.05, 3.63) is 71.7 Å². The highest BCUT2D eigenvalue weighted by Gasteiger charge is 2.32. The second kappa shape index (κ2) is 7.14. The van der Waals surface area contributed by atoms with E-state index in [2.05, 4.69) is 4.98 Å². The van der Waals surface area contributed by atoms with E-state index >= 15 is 0 Å². The van der Waals surface area contributed by atoms with Crippen molar-refractivity contribution in [2.24, 2.45) is 0 Å². The lowest BCUT2D eigenvalue weighted by Gasteiger charge is -2.16. The van der Waals surface area contributed by atoms with Crippen molar-refractivity contribution < 1.29 is 22.7 Å². The number of anilines is 1. The van der Waals surface area contributed by atoms with Gasteiger partial charge in [-0.3, -0.25) is 14.0 Å². The lowest BCUT2D eigenvalue weighted by molar-refractivity contribution is 0.0996. The van der Waals surface area contributed by atoms with Gasteiger partial charge in [-0.25, -0.2) is 4.39 Å². The molecule has 2 heterocycles. The molecule has 28 heavy (non-hydrogen) atoms. The van der Waals surface area contributed by atoms with E-state index in [1.54, 1.807) is 29.2 Å². The van der Waals surface area contributed by atoms with Crippen LogP contribution in [-0.4, -0.2) is 26.8 Å². The summed E-state index contributed by atoms with van der Waals surface area (Å²) < 4.78 is 41.0. The average molecular weight is 397 g/mol. The summed E-state index contributed by atoms with van der Waals surface area (Å²) in [6.07, 6.45) is 1.53. The number of pyridine rings is 1. The number of carbonyl (C=O) groups excluding carboxylic acids is 1. The molecular formula is C20H14FN2O4S-. The highest BCUT2D eigenvalue weighted by atomic mass is 32.2. The van der Waals surface area contributed by atoms with Crippen LogP contribution in [0.25, 0.3) is 11.3 Å². The smallest absolute Gasteiger partial charge is 0.259 e. The predicted molar refractivity (Wildman–Crippen MR) is 100 cm³/mol. The largest absolute Gasteiger partial charge is 0.768 e. The summed E-state index contributed by atoms with van der Waals surface area (Å²) in [5.41, 5.74) is 2.90. The molecule has 0 fully saturated rings. The summed E-state index contributed by atoms with van der Waals surface area (Å²) >= 11 is -2.39. The van der Waals surface area contributed by atoms with Crippen LogP contribution in [-0.2, 0) is 17.6 Å². The van der Waals surface area contributed by atoms with Crippen molar-refractivity contribution in [1.82, 2.24) is 4.98 Å². The molecular weight excluding hydrogens is 383 g/mol. The molecule has 1 atom stereocenters. The molecule has 6 nitrogen and oxygen atoms in total. The van der Waals surface area contributed by atoms with Crippen LogP contribution in [0.2, 0.25) is 0 Å². The summed E-state index contributed by atoms with van der Waals surface area (Å²) in [4.78, 5) is 18.9. The maximum absolute atomic E-state index is 13.2. The summed E-state index contributed by atoms with van der Waals surface area (Å²) in [7, 11) is 1.44. The van der Waals surface area contributed by atoms with Gasteiger partial charge in [0.2, 0.25) is 0 Å². The number of ether oxygens (including phenoxy) is 1. The molecule has 0 saturated heterocycles. The van der Waals surface area contributed by atoms with Gasteiger partial charge in [-0.2, -0.15) is 0 Å². The molecule has 0 N–H and O–H groups in total. The van der Waals surface area contributed by atoms with E-state index in [0.717, 1.165) is 0 Å². The summed E-state index contributed by atoms with van der Waals surface area (Å²) in [6, 6.07) is 11.8. The first-order chi connectivity index (χ1) is 13.5. The number of fused-ring (bicyclic) bond motifs is 1. The van der Waals surface area contributed by atoms with E-state index in [1.165, 1.54) is 37.6 Å². The highest BCUT2D eigenvalue weighted by Crippen LogP contribution is 2.38. The molecule has 4 rings (SSSR count). The van der Waals surface area contributed by atoms with Crippen molar-refractivity contribution >= 4 is 22.7 Å². The van der Waals surface area contributed by atoms with Crippen LogP contribution in [0.15, 0.2) is 59.6 Å². The molecule has 8 heteroatoms. The van der Waals surface area contributed by atoms with Gasteiger partial charge in [-0.15, -0.1) is 0 Å². The second-order valence-corrected chi connectivity index (χ2v) is 7.09. The number of hydrogen-bond donors (Lipinski definition) is 0. The maximum atomic E-state index is 13.2. The molecule has 1 aliphatic rings. The van der Waals surface area contributed by atoms with Crippen LogP contribution in [0.3, 0.4) is 0 Å². The van der Waals surface area contributed by atoms with Gasteiger partial charge in [0, 0.05) is 33.5 Å². The summed E-state index contributed by atoms with van der Waals surface area (Å²) in [5, 5.41) is 0. The van der Waals surface area contributed by atoms with E-state index in [9.17, 15) is 17.9 Å². The Morgan fingerprint density at radius 1 is 1.14 bits per heavy atom. The van der Waals surface area contributed by atoms with Crippen molar-refractivity contribution in [3.63, 3.8) is 0 Å². The second-order valence-electron chi connectivity index (χ2n) is 6.15. The molecule has 1 amide bonds. The molecule has 142 valence electrons. The normalized spacial score (nSPS) is 14.1. The number of rotatable bonds is 4. The number of halogens is 1. The Balaban J connectivity index is 1.79. The molecule has 2 aromatic carbocycles. The van der Waals surface area contributed by atoms with Gasteiger partial charge in [0.1, 0.15) is 11.6 Å². The lowest BCUT2D eigenvalue weighted by atomic mass is 10.0. The lowest BCUT2D eigenvalue weighted by Crippen LogP contribution is -2.22. The number of methoxy groups -OCH3 is 1. The third-order valence-corrected chi connectivity index (χ3v) is 5.25. The van der Waals surface area contributed by atoms with Crippen molar-refractivity contribution in [2.45, 2.75) is 11.4 Å². The van der Waals surface area contributed by atoms with Crippen LogP contribution in [0.4, 0.5) is 10.1 Å². The fourth-order valence-electron chi connectivity index (χ4n) is 3.26. The Bertz CT molecular complexity index is 1100. The predicted octanol–water partition coefficient (Wildman–Crippen LogP) is 3.29. The van der Waals surface area contributed by atoms with Crippen LogP contribution in [0.5, 0.6) is 5.75 Å². The maximum Gasteiger partial charge on any atom is 0.259 e. The minimum Gasteiger partial charge on any atom is -0.768 e. The first-order valence-electron chi connectivity index (χ1n) is 8.32. The van der Waals surface area contributed by atoms with E-state index in [-0.39, 0.29) is 23.2 Å². The van der Waals surface area contributed by atoms with Crippen molar-refractivity contribution in [1.29, 1.82) is 0 Å². The van der Waals surface area contributed by atoms with Gasteiger partial charge in [-0.1, -0.05) is 0 Å². The fourth-order valence-corrected chi connectivity index (χ4v) is 3.64. The van der Waals surface area contributed by atoms with Crippen LogP contribution in [0, 0.1) is 5.82 Å². The number of hydrogen-bond acceptors (Lipinski definition) is 5. The van der Waals surface area contributed by atoms with E-state index < -0.39 is 11.1 Å². The minimum absolute atomic E-state index is 0.0946. The van der Waals surface area contributed by atoms with E-state index in [0.29, 0.717) is 33.8 Å². The van der Waals surface area contributed by atoms with Gasteiger partial charge >= 0.3 is 0 Å². The van der Waals surface area contributed by atoms with Gasteiger partial charge in [-0.05, 0) is 59.6 Å². The number of carbonyl (C=O) groups is 1. The Morgan fingerprint density at radius 3 is 2.57 bits per heavy atom. The average Bonchev–Trinajstić information content (AvgIpc) is 3.05. The number of amides is 1. The zero-order chi connectivity index (χ0) is 19.8. The summed E-state index contributed by atoms with van der Waals surface area (Å²) in [6.45, 7) is 0.265. The monoisotopic (exact) mass is 397 g/mol. The Labute approximate surface area is 162 Å². The Hall–Kier alpha value is -3.10. The Morgan fingerprint density at radius 2 is 1.89 bits per heavy atom. The van der Waals surface area contributed by atoms with Gasteiger partial charge in [0.25, 0.3) is 5.91 Å². The molecule has 0 spiro atoms. The fraction of sp³-hybridized carbons (Fsp3) is 0.100. The quantitative estimate of drug-likeness (QED) is 0.631. The zero-order valence-electron chi connectivity index (χ0n) is 14.7. The highest BCUT2D eigenvalue weighted by molar-refractivity contribution is 7.79.